The summed E-state index contributed by atoms with van der Waals surface area (Å²) in [7, 11) is 0. The molecule has 2 bridgehead atoms. The van der Waals surface area contributed by atoms with Crippen molar-refractivity contribution in [2.45, 2.75) is 24.7 Å². The van der Waals surface area contributed by atoms with Gasteiger partial charge in [0.05, 0.1) is 5.52 Å². The first-order chi connectivity index (χ1) is 18.6. The fourth-order valence-corrected chi connectivity index (χ4v) is 5.88. The Morgan fingerprint density at radius 3 is 2.24 bits per heavy atom. The number of nitrogens with one attached hydrogen (secondary N) is 3. The van der Waals surface area contributed by atoms with Gasteiger partial charge in [0.15, 0.2) is 0 Å². The highest BCUT2D eigenvalue weighted by atomic mass is 16.1. The number of carbonyl (C=O) groups is 1. The van der Waals surface area contributed by atoms with Gasteiger partial charge in [-0.2, -0.15) is 0 Å². The molecule has 0 unspecified atom stereocenters. The van der Waals surface area contributed by atoms with Gasteiger partial charge in [-0.25, -0.2) is 0 Å². The Morgan fingerprint density at radius 2 is 1.45 bits per heavy atom. The maximum absolute atomic E-state index is 13.1. The molecular weight excluding hydrogens is 468 g/mol. The standard InChI is InChI=1S/C33H28N4O/c38-32(37-28-11-5-10-27(18-28)35-25-7-2-1-3-8-25)23-6-4-9-26(16-23)36-31-14-15-34-30-13-12-24(17-29(30)31)33-19-22(20-33)21-33/h1-18,22,35H,19-21H2,(H,34,36)(H,37,38). The average Bonchev–Trinajstić information content (AvgIpc) is 2.88. The summed E-state index contributed by atoms with van der Waals surface area (Å²) in [6.07, 6.45) is 5.80. The van der Waals surface area contributed by atoms with Crippen LogP contribution in [0.25, 0.3) is 10.9 Å². The van der Waals surface area contributed by atoms with Crippen molar-refractivity contribution in [1.29, 1.82) is 0 Å². The molecule has 0 saturated heterocycles. The number of benzene rings is 4. The molecule has 0 radical (unpaired) electrons. The minimum Gasteiger partial charge on any atom is -0.355 e. The van der Waals surface area contributed by atoms with Gasteiger partial charge in [0.1, 0.15) is 0 Å². The molecule has 3 aliphatic rings. The van der Waals surface area contributed by atoms with Crippen molar-refractivity contribution in [1.82, 2.24) is 4.98 Å². The van der Waals surface area contributed by atoms with Crippen LogP contribution in [-0.4, -0.2) is 10.9 Å². The van der Waals surface area contributed by atoms with Crippen molar-refractivity contribution < 1.29 is 4.79 Å². The topological polar surface area (TPSA) is 66.1 Å². The van der Waals surface area contributed by atoms with Crippen LogP contribution in [0.5, 0.6) is 0 Å². The number of hydrogen-bond acceptors (Lipinski definition) is 4. The Balaban J connectivity index is 1.09. The fourth-order valence-electron chi connectivity index (χ4n) is 5.88. The van der Waals surface area contributed by atoms with Crippen molar-refractivity contribution in [2.75, 3.05) is 16.0 Å². The van der Waals surface area contributed by atoms with Crippen LogP contribution in [0.3, 0.4) is 0 Å². The second kappa shape index (κ2) is 9.03. The Hall–Kier alpha value is -4.64. The Morgan fingerprint density at radius 1 is 0.711 bits per heavy atom. The minimum atomic E-state index is -0.156. The summed E-state index contributed by atoms with van der Waals surface area (Å²) in [5.74, 6) is 0.782. The second-order valence-corrected chi connectivity index (χ2v) is 10.6. The third kappa shape index (κ3) is 4.16. The SMILES string of the molecule is O=C(Nc1cccc(Nc2ccccc2)c1)c1cccc(Nc2ccnc3ccc(C45CC(C4)C5)cc23)c1. The Bertz CT molecular complexity index is 1650. The molecule has 4 aromatic carbocycles. The lowest BCUT2D eigenvalue weighted by atomic mass is 9.42. The van der Waals surface area contributed by atoms with E-state index in [9.17, 15) is 4.79 Å². The number of para-hydroxylation sites is 1. The number of carbonyl (C=O) groups excluding carboxylic acids is 1. The largest absolute Gasteiger partial charge is 0.355 e. The molecule has 5 nitrogen and oxygen atoms in total. The van der Waals surface area contributed by atoms with Gasteiger partial charge < -0.3 is 16.0 Å². The summed E-state index contributed by atoms with van der Waals surface area (Å²) in [5, 5.41) is 11.1. The lowest BCUT2D eigenvalue weighted by Gasteiger charge is -2.62. The van der Waals surface area contributed by atoms with Crippen LogP contribution in [0.1, 0.15) is 35.2 Å². The predicted octanol–water partition coefficient (Wildman–Crippen LogP) is 8.03. The average molecular weight is 497 g/mol. The first kappa shape index (κ1) is 22.5. The van der Waals surface area contributed by atoms with Crippen molar-refractivity contribution in [3.8, 4) is 0 Å². The fraction of sp³-hybridized carbons (Fsp3) is 0.152. The van der Waals surface area contributed by atoms with E-state index >= 15 is 0 Å². The molecule has 0 atom stereocenters. The molecule has 186 valence electrons. The highest BCUT2D eigenvalue weighted by molar-refractivity contribution is 6.05. The third-order valence-corrected chi connectivity index (χ3v) is 7.98. The molecule has 3 N–H and O–H groups in total. The van der Waals surface area contributed by atoms with Gasteiger partial charge >= 0.3 is 0 Å². The van der Waals surface area contributed by atoms with E-state index in [-0.39, 0.29) is 5.91 Å². The first-order valence-electron chi connectivity index (χ1n) is 13.1. The molecule has 1 aromatic heterocycles. The number of pyridine rings is 1. The van der Waals surface area contributed by atoms with Crippen LogP contribution < -0.4 is 16.0 Å². The number of amides is 1. The molecule has 1 heterocycles. The summed E-state index contributed by atoms with van der Waals surface area (Å²) in [5.41, 5.74) is 7.89. The van der Waals surface area contributed by atoms with E-state index in [1.165, 1.54) is 24.8 Å². The van der Waals surface area contributed by atoms with E-state index in [1.54, 1.807) is 0 Å². The van der Waals surface area contributed by atoms with Crippen LogP contribution in [-0.2, 0) is 5.41 Å². The number of nitrogens with zero attached hydrogens (tertiary/aromatic N) is 1. The molecule has 38 heavy (non-hydrogen) atoms. The van der Waals surface area contributed by atoms with Gasteiger partial charge in [0.2, 0.25) is 0 Å². The monoisotopic (exact) mass is 496 g/mol. The van der Waals surface area contributed by atoms with Gasteiger partial charge in [-0.3, -0.25) is 9.78 Å². The number of aromatic nitrogens is 1. The van der Waals surface area contributed by atoms with Gasteiger partial charge in [0.25, 0.3) is 5.91 Å². The van der Waals surface area contributed by atoms with Gasteiger partial charge in [-0.05, 0) is 103 Å². The second-order valence-electron chi connectivity index (χ2n) is 10.6. The minimum absolute atomic E-state index is 0.156. The Labute approximate surface area is 221 Å². The summed E-state index contributed by atoms with van der Waals surface area (Å²) in [4.78, 5) is 17.7. The van der Waals surface area contributed by atoms with Crippen molar-refractivity contribution in [2.24, 2.45) is 5.92 Å². The zero-order valence-corrected chi connectivity index (χ0v) is 20.9. The number of rotatable bonds is 7. The summed E-state index contributed by atoms with van der Waals surface area (Å²) in [6.45, 7) is 0. The highest BCUT2D eigenvalue weighted by Gasteiger charge is 2.57. The van der Waals surface area contributed by atoms with E-state index in [4.69, 9.17) is 0 Å². The van der Waals surface area contributed by atoms with Crippen LogP contribution in [0.4, 0.5) is 28.4 Å². The zero-order valence-electron chi connectivity index (χ0n) is 20.9. The zero-order chi connectivity index (χ0) is 25.5. The van der Waals surface area contributed by atoms with Gasteiger partial charge in [-0.15, -0.1) is 0 Å². The van der Waals surface area contributed by atoms with E-state index in [0.29, 0.717) is 11.0 Å². The third-order valence-electron chi connectivity index (χ3n) is 7.98. The molecule has 8 rings (SSSR count). The molecule has 5 aromatic rings. The maximum atomic E-state index is 13.1. The molecule has 1 amide bonds. The van der Waals surface area contributed by atoms with E-state index in [0.717, 1.165) is 45.3 Å². The van der Waals surface area contributed by atoms with Gasteiger partial charge in [0, 0.05) is 45.6 Å². The van der Waals surface area contributed by atoms with Crippen LogP contribution in [0.15, 0.2) is 109 Å². The summed E-state index contributed by atoms with van der Waals surface area (Å²) >= 11 is 0. The van der Waals surface area contributed by atoms with Crippen molar-refractivity contribution >= 4 is 45.2 Å². The van der Waals surface area contributed by atoms with Gasteiger partial charge in [-0.1, -0.05) is 36.4 Å². The molecule has 3 aliphatic carbocycles. The molecule has 5 heteroatoms. The number of fused-ring (bicyclic) bond motifs is 1. The lowest BCUT2D eigenvalue weighted by Crippen LogP contribution is -2.55. The van der Waals surface area contributed by atoms with Crippen molar-refractivity contribution in [3.63, 3.8) is 0 Å². The van der Waals surface area contributed by atoms with E-state index < -0.39 is 0 Å². The van der Waals surface area contributed by atoms with Crippen LogP contribution in [0.2, 0.25) is 0 Å². The number of hydrogen-bond donors (Lipinski definition) is 3. The maximum Gasteiger partial charge on any atom is 0.255 e. The highest BCUT2D eigenvalue weighted by Crippen LogP contribution is 2.65. The lowest BCUT2D eigenvalue weighted by molar-refractivity contribution is -0.0272. The first-order valence-corrected chi connectivity index (χ1v) is 13.1. The molecule has 3 fully saturated rings. The molecule has 3 saturated carbocycles. The quantitative estimate of drug-likeness (QED) is 0.213. The summed E-state index contributed by atoms with van der Waals surface area (Å²) < 4.78 is 0. The van der Waals surface area contributed by atoms with E-state index in [1.807, 2.05) is 91.1 Å². The van der Waals surface area contributed by atoms with Crippen molar-refractivity contribution in [3.05, 3.63) is 120 Å². The Kier molecular flexibility index (Phi) is 5.36. The molecule has 0 spiro atoms. The van der Waals surface area contributed by atoms with E-state index in [2.05, 4.69) is 39.1 Å². The smallest absolute Gasteiger partial charge is 0.255 e. The summed E-state index contributed by atoms with van der Waals surface area (Å²) in [6, 6.07) is 34.0. The normalized spacial score (nSPS) is 19.2. The molecule has 0 aliphatic heterocycles. The van der Waals surface area contributed by atoms with Crippen LogP contribution >= 0.6 is 0 Å². The number of anilines is 5. The molecular formula is C33H28N4O. The predicted molar refractivity (Wildman–Crippen MR) is 155 cm³/mol. The van der Waals surface area contributed by atoms with Crippen LogP contribution in [0, 0.1) is 5.92 Å².